The van der Waals surface area contributed by atoms with Crippen LogP contribution in [0.3, 0.4) is 0 Å². The number of nitrogens with one attached hydrogen (secondary N) is 2. The summed E-state index contributed by atoms with van der Waals surface area (Å²) in [6.45, 7) is 0.877. The average Bonchev–Trinajstić information content (AvgIpc) is 2.40. The highest BCUT2D eigenvalue weighted by atomic mass is 79.9. The molecule has 1 fully saturated rings. The van der Waals surface area contributed by atoms with E-state index in [1.807, 2.05) is 0 Å². The van der Waals surface area contributed by atoms with Gasteiger partial charge in [-0.1, -0.05) is 22.4 Å². The van der Waals surface area contributed by atoms with Gasteiger partial charge in [-0.3, -0.25) is 4.79 Å². The van der Waals surface area contributed by atoms with E-state index >= 15 is 0 Å². The zero-order valence-corrected chi connectivity index (χ0v) is 11.5. The van der Waals surface area contributed by atoms with Gasteiger partial charge in [-0.2, -0.15) is 5.26 Å². The number of benzene rings is 1. The highest BCUT2D eigenvalue weighted by Gasteiger charge is 2.21. The predicted octanol–water partition coefficient (Wildman–Crippen LogP) is 2.40. The number of piperidine rings is 1. The third-order valence-electron chi connectivity index (χ3n) is 2.99. The standard InChI is InChI=1S/C13H14BrN3O/c14-10-5-4-9(8-15)12(7-10)17-13(18)11-3-1-2-6-16-11/h4-5,7,11,16H,1-3,6H2,(H,17,18)/t11-/m0/s1. The first kappa shape index (κ1) is 13.1. The van der Waals surface area contributed by atoms with Crippen molar-refractivity contribution in [3.63, 3.8) is 0 Å². The molecule has 18 heavy (non-hydrogen) atoms. The molecule has 2 N–H and O–H groups in total. The summed E-state index contributed by atoms with van der Waals surface area (Å²) in [5.41, 5.74) is 1.03. The lowest BCUT2D eigenvalue weighted by molar-refractivity contribution is -0.118. The quantitative estimate of drug-likeness (QED) is 0.882. The molecule has 0 saturated carbocycles. The normalized spacial score (nSPS) is 19.0. The Morgan fingerprint density at radius 2 is 2.33 bits per heavy atom. The van der Waals surface area contributed by atoms with E-state index in [0.717, 1.165) is 30.3 Å². The van der Waals surface area contributed by atoms with Crippen molar-refractivity contribution in [2.24, 2.45) is 0 Å². The molecule has 1 aliphatic rings. The summed E-state index contributed by atoms with van der Waals surface area (Å²) < 4.78 is 0.841. The Bertz CT molecular complexity index is 489. The van der Waals surface area contributed by atoms with Gasteiger partial charge < -0.3 is 10.6 Å². The lowest BCUT2D eigenvalue weighted by Gasteiger charge is -2.22. The fraction of sp³-hybridized carbons (Fsp3) is 0.385. The molecule has 1 saturated heterocycles. The third-order valence-corrected chi connectivity index (χ3v) is 3.48. The number of carbonyl (C=O) groups is 1. The maximum absolute atomic E-state index is 12.0. The number of rotatable bonds is 2. The molecule has 2 rings (SSSR count). The maximum atomic E-state index is 12.0. The SMILES string of the molecule is N#Cc1ccc(Br)cc1NC(=O)[C@@H]1CCCCN1. The molecule has 4 nitrogen and oxygen atoms in total. The molecule has 0 aromatic heterocycles. The van der Waals surface area contributed by atoms with Gasteiger partial charge in [-0.25, -0.2) is 0 Å². The van der Waals surface area contributed by atoms with E-state index in [1.54, 1.807) is 18.2 Å². The van der Waals surface area contributed by atoms with E-state index < -0.39 is 0 Å². The molecule has 0 radical (unpaired) electrons. The minimum absolute atomic E-state index is 0.0655. The van der Waals surface area contributed by atoms with Gasteiger partial charge in [-0.05, 0) is 37.6 Å². The van der Waals surface area contributed by atoms with Crippen LogP contribution < -0.4 is 10.6 Å². The molecule has 1 atom stereocenters. The van der Waals surface area contributed by atoms with Gasteiger partial charge >= 0.3 is 0 Å². The molecule has 1 amide bonds. The van der Waals surface area contributed by atoms with E-state index in [2.05, 4.69) is 32.6 Å². The molecule has 0 bridgehead atoms. The molecular weight excluding hydrogens is 294 g/mol. The van der Waals surface area contributed by atoms with Crippen molar-refractivity contribution in [3.8, 4) is 6.07 Å². The van der Waals surface area contributed by atoms with Crippen LogP contribution in [0.1, 0.15) is 24.8 Å². The first-order valence-corrected chi connectivity index (χ1v) is 6.74. The van der Waals surface area contributed by atoms with Gasteiger partial charge in [-0.15, -0.1) is 0 Å². The number of nitrogens with zero attached hydrogens (tertiary/aromatic N) is 1. The molecule has 1 aromatic rings. The Labute approximate surface area is 115 Å². The minimum atomic E-state index is -0.149. The monoisotopic (exact) mass is 307 g/mol. The van der Waals surface area contributed by atoms with Crippen molar-refractivity contribution in [2.45, 2.75) is 25.3 Å². The highest BCUT2D eigenvalue weighted by molar-refractivity contribution is 9.10. The van der Waals surface area contributed by atoms with Crippen LogP contribution in [0.2, 0.25) is 0 Å². The Kier molecular flexibility index (Phi) is 4.34. The first-order chi connectivity index (χ1) is 8.70. The van der Waals surface area contributed by atoms with Crippen molar-refractivity contribution < 1.29 is 4.79 Å². The van der Waals surface area contributed by atoms with Crippen molar-refractivity contribution in [1.29, 1.82) is 5.26 Å². The van der Waals surface area contributed by atoms with Crippen LogP contribution >= 0.6 is 15.9 Å². The summed E-state index contributed by atoms with van der Waals surface area (Å²) in [4.78, 5) is 12.0. The van der Waals surface area contributed by atoms with Crippen LogP contribution in [0.15, 0.2) is 22.7 Å². The number of carbonyl (C=O) groups excluding carboxylic acids is 1. The second kappa shape index (κ2) is 5.98. The number of anilines is 1. The van der Waals surface area contributed by atoms with E-state index in [-0.39, 0.29) is 11.9 Å². The van der Waals surface area contributed by atoms with Gasteiger partial charge in [0, 0.05) is 4.47 Å². The Hall–Kier alpha value is -1.38. The van der Waals surface area contributed by atoms with Gasteiger partial charge in [0.1, 0.15) is 6.07 Å². The number of amides is 1. The molecule has 94 valence electrons. The zero-order chi connectivity index (χ0) is 13.0. The molecule has 0 aliphatic carbocycles. The number of halogens is 1. The van der Waals surface area contributed by atoms with Crippen molar-refractivity contribution in [1.82, 2.24) is 5.32 Å². The van der Waals surface area contributed by atoms with Crippen LogP contribution in [0.5, 0.6) is 0 Å². The molecule has 0 spiro atoms. The lowest BCUT2D eigenvalue weighted by Crippen LogP contribution is -2.43. The van der Waals surface area contributed by atoms with E-state index in [1.165, 1.54) is 0 Å². The fourth-order valence-electron chi connectivity index (χ4n) is 2.01. The molecular formula is C13H14BrN3O. The van der Waals surface area contributed by atoms with Gasteiger partial charge in [0.15, 0.2) is 0 Å². The number of hydrogen-bond acceptors (Lipinski definition) is 3. The molecule has 1 aromatic carbocycles. The minimum Gasteiger partial charge on any atom is -0.324 e. The van der Waals surface area contributed by atoms with Gasteiger partial charge in [0.05, 0.1) is 17.3 Å². The topological polar surface area (TPSA) is 64.9 Å². The first-order valence-electron chi connectivity index (χ1n) is 5.94. The maximum Gasteiger partial charge on any atom is 0.241 e. The smallest absolute Gasteiger partial charge is 0.241 e. The second-order valence-electron chi connectivity index (χ2n) is 4.29. The zero-order valence-electron chi connectivity index (χ0n) is 9.87. The van der Waals surface area contributed by atoms with Gasteiger partial charge in [0.25, 0.3) is 0 Å². The summed E-state index contributed by atoms with van der Waals surface area (Å²) in [6, 6.07) is 7.15. The average molecular weight is 308 g/mol. The van der Waals surface area contributed by atoms with E-state index in [9.17, 15) is 4.79 Å². The predicted molar refractivity (Wildman–Crippen MR) is 73.1 cm³/mol. The molecule has 0 unspecified atom stereocenters. The largest absolute Gasteiger partial charge is 0.324 e. The van der Waals surface area contributed by atoms with E-state index in [0.29, 0.717) is 11.3 Å². The van der Waals surface area contributed by atoms with Crippen molar-refractivity contribution >= 4 is 27.5 Å². The molecule has 1 aliphatic heterocycles. The van der Waals surface area contributed by atoms with Crippen LogP contribution in [0.25, 0.3) is 0 Å². The fourth-order valence-corrected chi connectivity index (χ4v) is 2.37. The summed E-state index contributed by atoms with van der Waals surface area (Å²) in [6.07, 6.45) is 3.03. The Morgan fingerprint density at radius 1 is 1.50 bits per heavy atom. The summed E-state index contributed by atoms with van der Waals surface area (Å²) >= 11 is 3.34. The van der Waals surface area contributed by atoms with Crippen LogP contribution in [0, 0.1) is 11.3 Å². The third kappa shape index (κ3) is 3.09. The van der Waals surface area contributed by atoms with Crippen LogP contribution in [0.4, 0.5) is 5.69 Å². The van der Waals surface area contributed by atoms with Gasteiger partial charge in [0.2, 0.25) is 5.91 Å². The van der Waals surface area contributed by atoms with Crippen LogP contribution in [-0.2, 0) is 4.79 Å². The Morgan fingerprint density at radius 3 is 3.00 bits per heavy atom. The summed E-state index contributed by atoms with van der Waals surface area (Å²) in [7, 11) is 0. The molecule has 1 heterocycles. The van der Waals surface area contributed by atoms with E-state index in [4.69, 9.17) is 5.26 Å². The summed E-state index contributed by atoms with van der Waals surface area (Å²) in [5, 5.41) is 15.0. The number of nitriles is 1. The molecule has 5 heteroatoms. The second-order valence-corrected chi connectivity index (χ2v) is 5.21. The summed E-state index contributed by atoms with van der Waals surface area (Å²) in [5.74, 6) is -0.0655. The van der Waals surface area contributed by atoms with Crippen molar-refractivity contribution in [3.05, 3.63) is 28.2 Å². The Balaban J connectivity index is 2.11. The lowest BCUT2D eigenvalue weighted by atomic mass is 10.0. The number of hydrogen-bond donors (Lipinski definition) is 2. The van der Waals surface area contributed by atoms with Crippen LogP contribution in [-0.4, -0.2) is 18.5 Å². The van der Waals surface area contributed by atoms with Crippen molar-refractivity contribution in [2.75, 3.05) is 11.9 Å². The highest BCUT2D eigenvalue weighted by Crippen LogP contribution is 2.21.